The van der Waals surface area contributed by atoms with Gasteiger partial charge in [0.2, 0.25) is 0 Å². The van der Waals surface area contributed by atoms with Gasteiger partial charge in [0.1, 0.15) is 5.60 Å². The summed E-state index contributed by atoms with van der Waals surface area (Å²) in [7, 11) is 2.00. The second-order valence-corrected chi connectivity index (χ2v) is 5.49. The maximum Gasteiger partial charge on any atom is 0.193 e. The van der Waals surface area contributed by atoms with Gasteiger partial charge in [-0.1, -0.05) is 29.8 Å². The molecule has 0 radical (unpaired) electrons. The number of hydrogen-bond donors (Lipinski definition) is 2. The van der Waals surface area contributed by atoms with E-state index >= 15 is 0 Å². The fourth-order valence-electron chi connectivity index (χ4n) is 2.15. The van der Waals surface area contributed by atoms with Crippen molar-refractivity contribution < 1.29 is 5.11 Å². The lowest BCUT2D eigenvalue weighted by Crippen LogP contribution is -2.47. The van der Waals surface area contributed by atoms with Gasteiger partial charge < -0.3 is 15.3 Å². The molecular formula is C14H20ClN3O. The van der Waals surface area contributed by atoms with Gasteiger partial charge in [0.25, 0.3) is 0 Å². The standard InChI is InChI=1S/C14H20ClN3O/c1-14(19,11-6-3-4-7-12(11)15)10-17-13-16-8-5-9-18(13)2/h3-4,6-7,19H,5,8-10H2,1-2H3,(H,16,17). The lowest BCUT2D eigenvalue weighted by atomic mass is 9.96. The molecule has 0 aromatic heterocycles. The second kappa shape index (κ2) is 5.80. The quantitative estimate of drug-likeness (QED) is 0.889. The molecule has 0 aliphatic carbocycles. The maximum absolute atomic E-state index is 10.6. The third-order valence-electron chi connectivity index (χ3n) is 3.32. The Morgan fingerprint density at radius 2 is 2.21 bits per heavy atom. The van der Waals surface area contributed by atoms with Crippen molar-refractivity contribution in [2.24, 2.45) is 4.99 Å². The van der Waals surface area contributed by atoms with E-state index in [4.69, 9.17) is 11.6 Å². The van der Waals surface area contributed by atoms with E-state index in [0.717, 1.165) is 31.0 Å². The average molecular weight is 282 g/mol. The van der Waals surface area contributed by atoms with Crippen molar-refractivity contribution in [1.29, 1.82) is 0 Å². The van der Waals surface area contributed by atoms with Crippen LogP contribution in [-0.4, -0.2) is 42.6 Å². The molecule has 2 N–H and O–H groups in total. The van der Waals surface area contributed by atoms with Gasteiger partial charge in [-0.05, 0) is 19.4 Å². The first-order chi connectivity index (χ1) is 9.00. The molecule has 1 atom stereocenters. The van der Waals surface area contributed by atoms with Gasteiger partial charge in [-0.25, -0.2) is 0 Å². The highest BCUT2D eigenvalue weighted by atomic mass is 35.5. The maximum atomic E-state index is 10.6. The zero-order valence-electron chi connectivity index (χ0n) is 11.4. The Morgan fingerprint density at radius 3 is 2.89 bits per heavy atom. The molecule has 1 unspecified atom stereocenters. The van der Waals surface area contributed by atoms with Crippen molar-refractivity contribution >= 4 is 17.6 Å². The van der Waals surface area contributed by atoms with Crippen LogP contribution < -0.4 is 5.32 Å². The van der Waals surface area contributed by atoms with Gasteiger partial charge in [-0.15, -0.1) is 0 Å². The Hall–Kier alpha value is -1.26. The Bertz CT molecular complexity index is 474. The monoisotopic (exact) mass is 281 g/mol. The average Bonchev–Trinajstić information content (AvgIpc) is 2.38. The SMILES string of the molecule is CN1CCCN=C1NCC(C)(O)c1ccccc1Cl. The first kappa shape index (κ1) is 14.2. The van der Waals surface area contributed by atoms with Crippen LogP contribution in [0.4, 0.5) is 0 Å². The van der Waals surface area contributed by atoms with E-state index in [0.29, 0.717) is 11.6 Å². The molecule has 0 bridgehead atoms. The van der Waals surface area contributed by atoms with Gasteiger partial charge in [-0.2, -0.15) is 0 Å². The van der Waals surface area contributed by atoms with Crippen LogP contribution >= 0.6 is 11.6 Å². The van der Waals surface area contributed by atoms with Crippen molar-refractivity contribution in [1.82, 2.24) is 10.2 Å². The highest BCUT2D eigenvalue weighted by Gasteiger charge is 2.26. The minimum absolute atomic E-state index is 0.375. The number of halogens is 1. The van der Waals surface area contributed by atoms with E-state index in [2.05, 4.69) is 15.2 Å². The van der Waals surface area contributed by atoms with Crippen LogP contribution in [-0.2, 0) is 5.60 Å². The molecule has 1 aromatic carbocycles. The molecule has 0 spiro atoms. The minimum atomic E-state index is -1.03. The summed E-state index contributed by atoms with van der Waals surface area (Å²) in [6, 6.07) is 7.36. The van der Waals surface area contributed by atoms with Crippen LogP contribution in [0.5, 0.6) is 0 Å². The van der Waals surface area contributed by atoms with E-state index in [1.54, 1.807) is 13.0 Å². The number of benzene rings is 1. The Labute approximate surface area is 119 Å². The van der Waals surface area contributed by atoms with Crippen LogP contribution in [0.25, 0.3) is 0 Å². The zero-order chi connectivity index (χ0) is 13.9. The number of guanidine groups is 1. The smallest absolute Gasteiger partial charge is 0.193 e. The molecule has 0 saturated carbocycles. The summed E-state index contributed by atoms with van der Waals surface area (Å²) in [5.74, 6) is 0.832. The van der Waals surface area contributed by atoms with Crippen molar-refractivity contribution in [2.75, 3.05) is 26.7 Å². The molecule has 1 aliphatic heterocycles. The Kier molecular flexibility index (Phi) is 4.32. The zero-order valence-corrected chi connectivity index (χ0v) is 12.1. The van der Waals surface area contributed by atoms with E-state index < -0.39 is 5.60 Å². The summed E-state index contributed by atoms with van der Waals surface area (Å²) in [4.78, 5) is 6.48. The first-order valence-corrected chi connectivity index (χ1v) is 6.85. The number of rotatable bonds is 3. The number of nitrogens with one attached hydrogen (secondary N) is 1. The van der Waals surface area contributed by atoms with E-state index in [-0.39, 0.29) is 0 Å². The first-order valence-electron chi connectivity index (χ1n) is 6.47. The van der Waals surface area contributed by atoms with Gasteiger partial charge in [-0.3, -0.25) is 4.99 Å². The van der Waals surface area contributed by atoms with Crippen molar-refractivity contribution in [3.05, 3.63) is 34.9 Å². The van der Waals surface area contributed by atoms with Crippen molar-refractivity contribution in [3.8, 4) is 0 Å². The normalized spacial score (nSPS) is 18.7. The third-order valence-corrected chi connectivity index (χ3v) is 3.65. The summed E-state index contributed by atoms with van der Waals surface area (Å²) in [5, 5.41) is 14.3. The molecule has 1 aromatic rings. The summed E-state index contributed by atoms with van der Waals surface area (Å²) < 4.78 is 0. The van der Waals surface area contributed by atoms with Gasteiger partial charge in [0, 0.05) is 30.7 Å². The summed E-state index contributed by atoms with van der Waals surface area (Å²) in [6.07, 6.45) is 1.07. The Balaban J connectivity index is 2.06. The molecule has 1 heterocycles. The summed E-state index contributed by atoms with van der Waals surface area (Å²) >= 11 is 6.13. The third kappa shape index (κ3) is 3.39. The number of aliphatic imine (C=N–C) groups is 1. The lowest BCUT2D eigenvalue weighted by molar-refractivity contribution is 0.0611. The molecule has 1 aliphatic rings. The van der Waals surface area contributed by atoms with Crippen LogP contribution in [0.1, 0.15) is 18.9 Å². The number of nitrogens with zero attached hydrogens (tertiary/aromatic N) is 2. The number of hydrogen-bond acceptors (Lipinski definition) is 4. The molecule has 2 rings (SSSR count). The highest BCUT2D eigenvalue weighted by molar-refractivity contribution is 6.31. The molecule has 0 saturated heterocycles. The lowest BCUT2D eigenvalue weighted by Gasteiger charge is -2.30. The second-order valence-electron chi connectivity index (χ2n) is 5.09. The molecule has 5 heteroatoms. The van der Waals surface area contributed by atoms with E-state index in [1.165, 1.54) is 0 Å². The summed E-state index contributed by atoms with van der Waals surface area (Å²) in [5.41, 5.74) is -0.303. The number of aliphatic hydroxyl groups is 1. The molecule has 0 fully saturated rings. The topological polar surface area (TPSA) is 47.9 Å². The fourth-order valence-corrected chi connectivity index (χ4v) is 2.49. The van der Waals surface area contributed by atoms with Crippen molar-refractivity contribution in [3.63, 3.8) is 0 Å². The van der Waals surface area contributed by atoms with Gasteiger partial charge in [0.15, 0.2) is 5.96 Å². The molecule has 104 valence electrons. The van der Waals surface area contributed by atoms with Gasteiger partial charge >= 0.3 is 0 Å². The molecular weight excluding hydrogens is 262 g/mol. The highest BCUT2D eigenvalue weighted by Crippen LogP contribution is 2.27. The largest absolute Gasteiger partial charge is 0.384 e. The fraction of sp³-hybridized carbons (Fsp3) is 0.500. The van der Waals surface area contributed by atoms with E-state index in [9.17, 15) is 5.11 Å². The predicted molar refractivity (Wildman–Crippen MR) is 78.6 cm³/mol. The Morgan fingerprint density at radius 1 is 1.47 bits per heavy atom. The molecule has 4 nitrogen and oxygen atoms in total. The van der Waals surface area contributed by atoms with Crippen LogP contribution in [0.3, 0.4) is 0 Å². The molecule has 0 amide bonds. The van der Waals surface area contributed by atoms with Crippen LogP contribution in [0.15, 0.2) is 29.3 Å². The van der Waals surface area contributed by atoms with Crippen LogP contribution in [0, 0.1) is 0 Å². The van der Waals surface area contributed by atoms with Crippen LogP contribution in [0.2, 0.25) is 5.02 Å². The molecule has 19 heavy (non-hydrogen) atoms. The van der Waals surface area contributed by atoms with Gasteiger partial charge in [0.05, 0.1) is 6.54 Å². The predicted octanol–water partition coefficient (Wildman–Crippen LogP) is 1.83. The minimum Gasteiger partial charge on any atom is -0.384 e. The summed E-state index contributed by atoms with van der Waals surface area (Å²) in [6.45, 7) is 3.95. The van der Waals surface area contributed by atoms with Crippen molar-refractivity contribution in [2.45, 2.75) is 18.9 Å². The van der Waals surface area contributed by atoms with E-state index in [1.807, 2.05) is 25.2 Å².